The molecule has 2 aromatic heterocycles. The molecule has 0 bridgehead atoms. The van der Waals surface area contributed by atoms with Gasteiger partial charge in [0.1, 0.15) is 5.82 Å². The minimum absolute atomic E-state index is 0.308. The summed E-state index contributed by atoms with van der Waals surface area (Å²) in [6.45, 7) is 0. The second kappa shape index (κ2) is 8.82. The fourth-order valence-electron chi connectivity index (χ4n) is 3.20. The molecule has 0 aliphatic rings. The Kier molecular flexibility index (Phi) is 5.58. The van der Waals surface area contributed by atoms with Crippen LogP contribution in [0.4, 0.5) is 9.52 Å². The van der Waals surface area contributed by atoms with E-state index in [4.69, 9.17) is 0 Å². The molecule has 5 rings (SSSR count). The van der Waals surface area contributed by atoms with Gasteiger partial charge in [-0.05, 0) is 52.9 Å². The molecule has 3 aromatic carbocycles. The van der Waals surface area contributed by atoms with Crippen molar-refractivity contribution >= 4 is 50.1 Å². The molecule has 0 fully saturated rings. The van der Waals surface area contributed by atoms with Crippen molar-refractivity contribution in [1.82, 2.24) is 4.98 Å². The Labute approximate surface area is 191 Å². The first-order valence-corrected chi connectivity index (χ1v) is 11.5. The second-order valence-corrected chi connectivity index (χ2v) is 8.92. The summed E-state index contributed by atoms with van der Waals surface area (Å²) >= 11 is 2.74. The number of aromatic nitrogens is 1. The zero-order valence-electron chi connectivity index (χ0n) is 16.7. The van der Waals surface area contributed by atoms with Gasteiger partial charge in [0.15, 0.2) is 0 Å². The van der Waals surface area contributed by atoms with E-state index in [0.717, 1.165) is 16.0 Å². The Bertz CT molecular complexity index is 1390. The lowest BCUT2D eigenvalue weighted by Crippen LogP contribution is -2.25. The molecule has 0 saturated carbocycles. The Morgan fingerprint density at radius 1 is 0.938 bits per heavy atom. The standard InChI is InChI=1S/C25H16FN3OS2/c26-20-12-13-22-23(15-20)32-25(28-22)29(27-16-21-7-4-14-31-21)24(30)19-10-8-18(9-11-19)17-5-2-1-3-6-17/h1-16H/b27-16+. The van der Waals surface area contributed by atoms with Crippen LogP contribution in [0, 0.1) is 5.82 Å². The Morgan fingerprint density at radius 3 is 2.47 bits per heavy atom. The number of thiophene rings is 1. The van der Waals surface area contributed by atoms with Gasteiger partial charge in [-0.2, -0.15) is 10.1 Å². The van der Waals surface area contributed by atoms with Crippen LogP contribution >= 0.6 is 22.7 Å². The number of nitrogens with zero attached hydrogens (tertiary/aromatic N) is 3. The monoisotopic (exact) mass is 457 g/mol. The first-order valence-electron chi connectivity index (χ1n) is 9.81. The number of anilines is 1. The molecular formula is C25H16FN3OS2. The van der Waals surface area contributed by atoms with E-state index in [1.807, 2.05) is 60.0 Å². The number of halogens is 1. The molecule has 0 aliphatic heterocycles. The van der Waals surface area contributed by atoms with Crippen LogP contribution < -0.4 is 5.01 Å². The average Bonchev–Trinajstić information content (AvgIpc) is 3.49. The van der Waals surface area contributed by atoms with Crippen molar-refractivity contribution < 1.29 is 9.18 Å². The largest absolute Gasteiger partial charge is 0.280 e. The highest BCUT2D eigenvalue weighted by Gasteiger charge is 2.21. The van der Waals surface area contributed by atoms with Gasteiger partial charge in [-0.15, -0.1) is 11.3 Å². The topological polar surface area (TPSA) is 45.6 Å². The SMILES string of the molecule is O=C(c1ccc(-c2ccccc2)cc1)N(/N=C/c1cccs1)c1nc2ccc(F)cc2s1. The fraction of sp³-hybridized carbons (Fsp3) is 0. The predicted molar refractivity (Wildman–Crippen MR) is 130 cm³/mol. The van der Waals surface area contributed by atoms with Crippen LogP contribution in [-0.2, 0) is 0 Å². The number of benzene rings is 3. The maximum absolute atomic E-state index is 13.7. The van der Waals surface area contributed by atoms with Crippen molar-refractivity contribution in [3.8, 4) is 11.1 Å². The Morgan fingerprint density at radius 2 is 1.72 bits per heavy atom. The first-order chi connectivity index (χ1) is 15.7. The number of hydrogen-bond donors (Lipinski definition) is 0. The lowest BCUT2D eigenvalue weighted by atomic mass is 10.0. The van der Waals surface area contributed by atoms with Crippen molar-refractivity contribution in [3.63, 3.8) is 0 Å². The summed E-state index contributed by atoms with van der Waals surface area (Å²) in [4.78, 5) is 18.8. The molecule has 4 nitrogen and oxygen atoms in total. The van der Waals surface area contributed by atoms with Gasteiger partial charge in [0, 0.05) is 10.4 Å². The van der Waals surface area contributed by atoms with Gasteiger partial charge >= 0.3 is 0 Å². The number of fused-ring (bicyclic) bond motifs is 1. The first kappa shape index (κ1) is 20.2. The van der Waals surface area contributed by atoms with Crippen LogP contribution in [0.3, 0.4) is 0 Å². The molecule has 7 heteroatoms. The summed E-state index contributed by atoms with van der Waals surface area (Å²) in [6.07, 6.45) is 1.63. The van der Waals surface area contributed by atoms with E-state index in [0.29, 0.717) is 20.9 Å². The number of amides is 1. The number of hydrazone groups is 1. The van der Waals surface area contributed by atoms with E-state index >= 15 is 0 Å². The highest BCUT2D eigenvalue weighted by atomic mass is 32.1. The number of rotatable bonds is 5. The van der Waals surface area contributed by atoms with Gasteiger partial charge in [0.2, 0.25) is 5.13 Å². The highest BCUT2D eigenvalue weighted by molar-refractivity contribution is 7.22. The Hall–Kier alpha value is -3.68. The van der Waals surface area contributed by atoms with Crippen molar-refractivity contribution in [2.75, 3.05) is 5.01 Å². The zero-order chi connectivity index (χ0) is 21.9. The molecule has 0 spiro atoms. The maximum atomic E-state index is 13.7. The van der Waals surface area contributed by atoms with Gasteiger partial charge < -0.3 is 0 Å². The summed E-state index contributed by atoms with van der Waals surface area (Å²) in [5.41, 5.74) is 3.20. The van der Waals surface area contributed by atoms with Gasteiger partial charge in [0.25, 0.3) is 5.91 Å². The van der Waals surface area contributed by atoms with E-state index in [2.05, 4.69) is 10.1 Å². The molecule has 0 N–H and O–H groups in total. The third-order valence-electron chi connectivity index (χ3n) is 4.80. The third-order valence-corrected chi connectivity index (χ3v) is 6.60. The molecule has 2 heterocycles. The van der Waals surface area contributed by atoms with E-state index < -0.39 is 0 Å². The van der Waals surface area contributed by atoms with Crippen LogP contribution in [0.2, 0.25) is 0 Å². The van der Waals surface area contributed by atoms with Crippen molar-refractivity contribution in [1.29, 1.82) is 0 Å². The predicted octanol–water partition coefficient (Wildman–Crippen LogP) is 6.84. The fourth-order valence-corrected chi connectivity index (χ4v) is 4.73. The van der Waals surface area contributed by atoms with Crippen LogP contribution in [0.1, 0.15) is 15.2 Å². The van der Waals surface area contributed by atoms with E-state index in [1.54, 1.807) is 24.4 Å². The molecule has 0 unspecified atom stereocenters. The summed E-state index contributed by atoms with van der Waals surface area (Å²) < 4.78 is 14.3. The van der Waals surface area contributed by atoms with Crippen LogP contribution in [-0.4, -0.2) is 17.1 Å². The molecule has 32 heavy (non-hydrogen) atoms. The minimum Gasteiger partial charge on any atom is -0.267 e. The molecule has 5 aromatic rings. The quantitative estimate of drug-likeness (QED) is 0.214. The lowest BCUT2D eigenvalue weighted by Gasteiger charge is -2.14. The van der Waals surface area contributed by atoms with Crippen LogP contribution in [0.15, 0.2) is 95.4 Å². The van der Waals surface area contributed by atoms with Crippen molar-refractivity contribution in [2.45, 2.75) is 0 Å². The summed E-state index contributed by atoms with van der Waals surface area (Å²) in [7, 11) is 0. The molecule has 1 amide bonds. The van der Waals surface area contributed by atoms with Gasteiger partial charge in [0.05, 0.1) is 16.4 Å². The smallest absolute Gasteiger partial charge is 0.267 e. The number of thiazole rings is 1. The number of carbonyl (C=O) groups is 1. The number of carbonyl (C=O) groups excluding carboxylic acids is 1. The van der Waals surface area contributed by atoms with Crippen LogP contribution in [0.5, 0.6) is 0 Å². The summed E-state index contributed by atoms with van der Waals surface area (Å²) in [5, 5.41) is 8.04. The normalized spacial score (nSPS) is 11.3. The van der Waals surface area contributed by atoms with E-state index in [1.165, 1.54) is 39.8 Å². The average molecular weight is 458 g/mol. The molecule has 0 saturated heterocycles. The minimum atomic E-state index is -0.343. The van der Waals surface area contributed by atoms with Crippen LogP contribution in [0.25, 0.3) is 21.3 Å². The van der Waals surface area contributed by atoms with E-state index in [-0.39, 0.29) is 11.7 Å². The van der Waals surface area contributed by atoms with Gasteiger partial charge in [-0.25, -0.2) is 9.37 Å². The molecule has 0 aliphatic carbocycles. The second-order valence-electron chi connectivity index (χ2n) is 6.93. The molecular weight excluding hydrogens is 441 g/mol. The van der Waals surface area contributed by atoms with Gasteiger partial charge in [-0.3, -0.25) is 4.79 Å². The third kappa shape index (κ3) is 4.21. The number of hydrogen-bond acceptors (Lipinski definition) is 5. The van der Waals surface area contributed by atoms with Crippen molar-refractivity contribution in [3.05, 3.63) is 107 Å². The molecule has 156 valence electrons. The lowest BCUT2D eigenvalue weighted by molar-refractivity contribution is 0.0988. The molecule has 0 radical (unpaired) electrons. The summed E-state index contributed by atoms with van der Waals surface area (Å²) in [6, 6.07) is 25.6. The van der Waals surface area contributed by atoms with Gasteiger partial charge in [-0.1, -0.05) is 59.9 Å². The highest BCUT2D eigenvalue weighted by Crippen LogP contribution is 2.31. The maximum Gasteiger partial charge on any atom is 0.280 e. The Balaban J connectivity index is 1.51. The van der Waals surface area contributed by atoms with E-state index in [9.17, 15) is 9.18 Å². The zero-order valence-corrected chi connectivity index (χ0v) is 18.3. The van der Waals surface area contributed by atoms with Crippen molar-refractivity contribution in [2.24, 2.45) is 5.10 Å². The summed E-state index contributed by atoms with van der Waals surface area (Å²) in [5.74, 6) is -0.652. The molecule has 0 atom stereocenters.